The molecule has 0 saturated carbocycles. The number of piperazine rings is 1. The van der Waals surface area contributed by atoms with Crippen LogP contribution < -0.4 is 5.32 Å². The number of allylic oxidation sites excluding steroid dienone is 3. The van der Waals surface area contributed by atoms with E-state index in [4.69, 9.17) is 4.74 Å². The fourth-order valence-electron chi connectivity index (χ4n) is 4.89. The quantitative estimate of drug-likeness (QED) is 0.689. The minimum atomic E-state index is -0.791. The lowest BCUT2D eigenvalue weighted by Crippen LogP contribution is -2.74. The molecule has 34 heavy (non-hydrogen) atoms. The van der Waals surface area contributed by atoms with Gasteiger partial charge in [0.1, 0.15) is 12.2 Å². The monoisotopic (exact) mass is 467 g/mol. The molecule has 1 aromatic carbocycles. The van der Waals surface area contributed by atoms with E-state index in [2.05, 4.69) is 18.3 Å². The van der Waals surface area contributed by atoms with Crippen molar-refractivity contribution in [3.63, 3.8) is 0 Å². The fraction of sp³-hybridized carbons (Fsp3) is 0.480. The number of urea groups is 1. The van der Waals surface area contributed by atoms with E-state index >= 15 is 0 Å². The van der Waals surface area contributed by atoms with E-state index in [9.17, 15) is 14.4 Å². The van der Waals surface area contributed by atoms with E-state index in [1.807, 2.05) is 42.5 Å². The molecule has 1 unspecified atom stereocenters. The number of amides is 4. The van der Waals surface area contributed by atoms with Crippen LogP contribution in [0.1, 0.15) is 24.9 Å². The van der Waals surface area contributed by atoms with Crippen molar-refractivity contribution in [2.45, 2.75) is 25.6 Å². The summed E-state index contributed by atoms with van der Waals surface area (Å²) in [6.45, 7) is 3.57. The molecule has 1 aliphatic carbocycles. The van der Waals surface area contributed by atoms with Crippen molar-refractivity contribution in [3.8, 4) is 0 Å². The van der Waals surface area contributed by atoms with Crippen LogP contribution in [-0.2, 0) is 14.3 Å². The molecule has 182 valence electrons. The van der Waals surface area contributed by atoms with Crippen LogP contribution in [0.3, 0.4) is 0 Å². The average molecular weight is 468 g/mol. The molecule has 0 aromatic heterocycles. The van der Waals surface area contributed by atoms with E-state index in [1.165, 1.54) is 0 Å². The summed E-state index contributed by atoms with van der Waals surface area (Å²) in [6, 6.07) is 8.19. The van der Waals surface area contributed by atoms with Gasteiger partial charge in [0.05, 0.1) is 19.7 Å². The van der Waals surface area contributed by atoms with E-state index < -0.39 is 12.2 Å². The number of rotatable bonds is 6. The third-order valence-electron chi connectivity index (χ3n) is 6.54. The summed E-state index contributed by atoms with van der Waals surface area (Å²) in [7, 11) is 3.32. The number of hydrogen-bond donors (Lipinski definition) is 1. The van der Waals surface area contributed by atoms with Crippen LogP contribution in [0.15, 0.2) is 54.1 Å². The fourth-order valence-corrected chi connectivity index (χ4v) is 4.89. The molecule has 3 aliphatic rings. The van der Waals surface area contributed by atoms with Gasteiger partial charge in [0.15, 0.2) is 0 Å². The van der Waals surface area contributed by atoms with Gasteiger partial charge < -0.3 is 19.9 Å². The molecular weight excluding hydrogens is 434 g/mol. The maximum atomic E-state index is 13.5. The van der Waals surface area contributed by atoms with Crippen LogP contribution in [0.25, 0.3) is 0 Å². The van der Waals surface area contributed by atoms with Gasteiger partial charge in [-0.2, -0.15) is 0 Å². The Balaban J connectivity index is 1.61. The Labute approximate surface area is 200 Å². The smallest absolute Gasteiger partial charge is 0.334 e. The van der Waals surface area contributed by atoms with Crippen molar-refractivity contribution in [1.29, 1.82) is 0 Å². The summed E-state index contributed by atoms with van der Waals surface area (Å²) >= 11 is 0. The Morgan fingerprint density at radius 1 is 1.21 bits per heavy atom. The van der Waals surface area contributed by atoms with Gasteiger partial charge in [0.25, 0.3) is 0 Å². The first-order valence-corrected chi connectivity index (χ1v) is 11.7. The Bertz CT molecular complexity index is 979. The number of fused-ring (bicyclic) bond motifs is 1. The van der Waals surface area contributed by atoms with E-state index in [0.29, 0.717) is 25.6 Å². The third-order valence-corrected chi connectivity index (χ3v) is 6.54. The predicted molar refractivity (Wildman–Crippen MR) is 127 cm³/mol. The molecule has 0 spiro atoms. The van der Waals surface area contributed by atoms with Crippen LogP contribution in [-0.4, -0.2) is 90.8 Å². The van der Waals surface area contributed by atoms with Crippen molar-refractivity contribution in [2.75, 3.05) is 46.9 Å². The van der Waals surface area contributed by atoms with E-state index in [1.54, 1.807) is 34.0 Å². The molecule has 2 saturated heterocycles. The molecule has 0 radical (unpaired) electrons. The Morgan fingerprint density at radius 2 is 1.97 bits per heavy atom. The highest BCUT2D eigenvalue weighted by Crippen LogP contribution is 2.34. The van der Waals surface area contributed by atoms with E-state index in [0.717, 1.165) is 17.6 Å². The maximum absolute atomic E-state index is 13.5. The second-order valence-corrected chi connectivity index (χ2v) is 9.08. The highest BCUT2D eigenvalue weighted by atomic mass is 16.5. The van der Waals surface area contributed by atoms with Gasteiger partial charge in [0.2, 0.25) is 11.8 Å². The number of carbonyl (C=O) groups excluding carboxylic acids is 3. The number of methoxy groups -OCH3 is 1. The van der Waals surface area contributed by atoms with Gasteiger partial charge in [0, 0.05) is 27.2 Å². The first kappa shape index (κ1) is 24.0. The average Bonchev–Trinajstić information content (AvgIpc) is 2.82. The van der Waals surface area contributed by atoms with Crippen LogP contribution in [0.5, 0.6) is 0 Å². The van der Waals surface area contributed by atoms with Gasteiger partial charge in [-0.05, 0) is 17.9 Å². The number of ether oxygens (including phenoxy) is 1. The van der Waals surface area contributed by atoms with Crippen LogP contribution in [0.2, 0.25) is 0 Å². The van der Waals surface area contributed by atoms with Gasteiger partial charge in [-0.3, -0.25) is 9.59 Å². The van der Waals surface area contributed by atoms with Gasteiger partial charge in [-0.25, -0.2) is 14.8 Å². The Kier molecular flexibility index (Phi) is 7.33. The second kappa shape index (κ2) is 10.4. The minimum absolute atomic E-state index is 0.0150. The summed E-state index contributed by atoms with van der Waals surface area (Å²) in [5.41, 5.74) is 1.88. The number of carbonyl (C=O) groups is 3. The lowest BCUT2D eigenvalue weighted by atomic mass is 9.96. The molecule has 2 aliphatic heterocycles. The number of likely N-dealkylation sites (N-methyl/N-ethyl adjacent to an activating group) is 1. The van der Waals surface area contributed by atoms with Crippen molar-refractivity contribution < 1.29 is 19.1 Å². The number of benzene rings is 1. The van der Waals surface area contributed by atoms with Gasteiger partial charge in [-0.15, -0.1) is 0 Å². The summed E-state index contributed by atoms with van der Waals surface area (Å²) in [6.07, 6.45) is 6.48. The maximum Gasteiger partial charge on any atom is 0.334 e. The zero-order chi connectivity index (χ0) is 24.2. The molecule has 1 N–H and O–H groups in total. The van der Waals surface area contributed by atoms with Crippen LogP contribution in [0, 0.1) is 5.92 Å². The highest BCUT2D eigenvalue weighted by molar-refractivity contribution is 5.92. The van der Waals surface area contributed by atoms with Gasteiger partial charge in [-0.1, -0.05) is 61.1 Å². The summed E-state index contributed by atoms with van der Waals surface area (Å²) in [5, 5.41) is 6.24. The molecule has 9 heteroatoms. The minimum Gasteiger partial charge on any atom is -0.383 e. The van der Waals surface area contributed by atoms with E-state index in [-0.39, 0.29) is 30.9 Å². The van der Waals surface area contributed by atoms with Crippen molar-refractivity contribution in [1.82, 2.24) is 25.1 Å². The molecule has 0 bridgehead atoms. The number of nitrogens with one attached hydrogen (secondary N) is 1. The lowest BCUT2D eigenvalue weighted by Gasteiger charge is -2.54. The zero-order valence-electron chi connectivity index (χ0n) is 20.0. The summed E-state index contributed by atoms with van der Waals surface area (Å²) < 4.78 is 5.21. The summed E-state index contributed by atoms with van der Waals surface area (Å²) in [5.74, 6) is 0.0954. The highest BCUT2D eigenvalue weighted by Gasteiger charge is 2.51. The number of nitrogens with zero attached hydrogens (tertiary/aromatic N) is 4. The largest absolute Gasteiger partial charge is 0.383 e. The molecule has 3 atom stereocenters. The van der Waals surface area contributed by atoms with Crippen LogP contribution >= 0.6 is 0 Å². The lowest BCUT2D eigenvalue weighted by molar-refractivity contribution is -0.188. The number of hydrogen-bond acceptors (Lipinski definition) is 5. The molecule has 4 amide bonds. The van der Waals surface area contributed by atoms with Crippen LogP contribution in [0.4, 0.5) is 4.79 Å². The number of hydrazine groups is 1. The van der Waals surface area contributed by atoms with Crippen molar-refractivity contribution in [3.05, 3.63) is 59.7 Å². The molecular formula is C25H33N5O4. The summed E-state index contributed by atoms with van der Waals surface area (Å²) in [4.78, 5) is 43.4. The van der Waals surface area contributed by atoms with Gasteiger partial charge >= 0.3 is 6.03 Å². The Hall–Kier alpha value is -3.17. The molecule has 2 heterocycles. The SMILES string of the molecule is COCCN1C[C@H]2N(C(=O)CN(C)N2C(=O)NCC2=CC=CC(C)C2)[C@@H](c2ccccc2)C1=O. The first-order chi connectivity index (χ1) is 16.4. The van der Waals surface area contributed by atoms with Crippen molar-refractivity contribution >= 4 is 17.8 Å². The standard InChI is InChI=1S/C25H33N5O4/c1-18-8-7-9-19(14-18)15-26-25(33)30-21-16-28(12-13-34-3)24(32)23(20-10-5-4-6-11-20)29(21)22(31)17-27(30)2/h4-11,18,21,23H,12-17H2,1-3H3,(H,26,33)/t18?,21-,23-/m0/s1. The first-order valence-electron chi connectivity index (χ1n) is 11.7. The van der Waals surface area contributed by atoms with Crippen molar-refractivity contribution in [2.24, 2.45) is 5.92 Å². The third kappa shape index (κ3) is 4.85. The molecule has 2 fully saturated rings. The molecule has 9 nitrogen and oxygen atoms in total. The normalized spacial score (nSPS) is 25.3. The molecule has 4 rings (SSSR count). The molecule has 1 aromatic rings. The zero-order valence-corrected chi connectivity index (χ0v) is 20.0. The predicted octanol–water partition coefficient (Wildman–Crippen LogP) is 1.77. The Morgan fingerprint density at radius 3 is 2.68 bits per heavy atom. The topological polar surface area (TPSA) is 85.4 Å². The second-order valence-electron chi connectivity index (χ2n) is 9.08.